The number of ether oxygens (including phenoxy) is 1. The van der Waals surface area contributed by atoms with Crippen LogP contribution in [-0.2, 0) is 17.8 Å². The van der Waals surface area contributed by atoms with Crippen molar-refractivity contribution in [2.24, 2.45) is 0 Å². The predicted octanol–water partition coefficient (Wildman–Crippen LogP) is 3.96. The quantitative estimate of drug-likeness (QED) is 0.786. The molecule has 3 rings (SSSR count). The van der Waals surface area contributed by atoms with Crippen molar-refractivity contribution in [3.8, 4) is 5.75 Å². The third-order valence-corrected chi connectivity index (χ3v) is 5.17. The molecule has 0 aliphatic carbocycles. The highest BCUT2D eigenvalue weighted by Crippen LogP contribution is 2.37. The fourth-order valence-electron chi connectivity index (χ4n) is 3.25. The van der Waals surface area contributed by atoms with Crippen LogP contribution >= 0.6 is 12.2 Å². The summed E-state index contributed by atoms with van der Waals surface area (Å²) in [5, 5.41) is 3.76. The van der Waals surface area contributed by atoms with Gasteiger partial charge >= 0.3 is 0 Å². The van der Waals surface area contributed by atoms with E-state index in [0.29, 0.717) is 23.8 Å². The third-order valence-electron chi connectivity index (χ3n) is 4.71. The minimum absolute atomic E-state index is 0.0228. The molecule has 0 aromatic heterocycles. The normalized spacial score (nSPS) is 13.6. The lowest BCUT2D eigenvalue weighted by Crippen LogP contribution is -2.30. The molecule has 2 aromatic rings. The van der Waals surface area contributed by atoms with Crippen molar-refractivity contribution in [2.45, 2.75) is 25.8 Å². The van der Waals surface area contributed by atoms with E-state index in [9.17, 15) is 9.18 Å². The monoisotopic (exact) mass is 401 g/mol. The van der Waals surface area contributed by atoms with Crippen LogP contribution in [0, 0.1) is 5.82 Å². The number of fused-ring (bicyclic) bond motifs is 1. The summed E-state index contributed by atoms with van der Waals surface area (Å²) in [5.74, 6) is 0.311. The number of methoxy groups -OCH3 is 1. The number of nitrogens with one attached hydrogen (secondary N) is 1. The molecule has 5 nitrogen and oxygen atoms in total. The average molecular weight is 402 g/mol. The molecule has 1 heterocycles. The number of anilines is 2. The molecule has 28 heavy (non-hydrogen) atoms. The standard InChI is InChI=1S/C21H24FN3O2S/c1-24(2)21(28)23-17-11-15-7-5-9-20(26)25(18(15)12-19(17)27-3)13-14-6-4-8-16(22)10-14/h4,6,8,10-12H,5,7,9,13H2,1-3H3,(H,23,28). The number of rotatable bonds is 4. The molecule has 7 heteroatoms. The average Bonchev–Trinajstić information content (AvgIpc) is 2.80. The zero-order valence-electron chi connectivity index (χ0n) is 16.3. The van der Waals surface area contributed by atoms with Gasteiger partial charge in [-0.1, -0.05) is 12.1 Å². The van der Waals surface area contributed by atoms with Crippen molar-refractivity contribution in [3.63, 3.8) is 0 Å². The number of thiocarbonyl (C=S) groups is 1. The second-order valence-electron chi connectivity index (χ2n) is 6.97. The van der Waals surface area contributed by atoms with Crippen molar-refractivity contribution >= 4 is 34.6 Å². The summed E-state index contributed by atoms with van der Waals surface area (Å²) in [6, 6.07) is 10.2. The van der Waals surface area contributed by atoms with E-state index in [4.69, 9.17) is 17.0 Å². The molecule has 0 atom stereocenters. The highest BCUT2D eigenvalue weighted by molar-refractivity contribution is 7.80. The Morgan fingerprint density at radius 3 is 2.75 bits per heavy atom. The maximum Gasteiger partial charge on any atom is 0.227 e. The van der Waals surface area contributed by atoms with Gasteiger partial charge < -0.3 is 19.9 Å². The molecule has 0 spiro atoms. The van der Waals surface area contributed by atoms with E-state index in [0.717, 1.165) is 35.3 Å². The van der Waals surface area contributed by atoms with Crippen molar-refractivity contribution in [3.05, 3.63) is 53.3 Å². The maximum atomic E-state index is 13.6. The van der Waals surface area contributed by atoms with Crippen LogP contribution in [0.5, 0.6) is 5.75 Å². The maximum absolute atomic E-state index is 13.6. The Morgan fingerprint density at radius 1 is 1.29 bits per heavy atom. The van der Waals surface area contributed by atoms with Crippen molar-refractivity contribution < 1.29 is 13.9 Å². The molecule has 1 N–H and O–H groups in total. The molecular weight excluding hydrogens is 377 g/mol. The first-order valence-electron chi connectivity index (χ1n) is 9.13. The van der Waals surface area contributed by atoms with E-state index in [1.807, 2.05) is 32.3 Å². The molecule has 0 unspecified atom stereocenters. The Bertz CT molecular complexity index is 901. The van der Waals surface area contributed by atoms with Crippen LogP contribution in [0.1, 0.15) is 24.0 Å². The molecule has 0 fully saturated rings. The highest BCUT2D eigenvalue weighted by atomic mass is 32.1. The number of hydrogen-bond donors (Lipinski definition) is 1. The van der Waals surface area contributed by atoms with E-state index in [2.05, 4.69) is 5.32 Å². The van der Waals surface area contributed by atoms with Gasteiger partial charge in [-0.2, -0.15) is 0 Å². The van der Waals surface area contributed by atoms with Crippen LogP contribution in [0.25, 0.3) is 0 Å². The van der Waals surface area contributed by atoms with Gasteiger partial charge in [0.1, 0.15) is 11.6 Å². The molecule has 0 saturated heterocycles. The van der Waals surface area contributed by atoms with Crippen molar-refractivity contribution in [2.75, 3.05) is 31.4 Å². The van der Waals surface area contributed by atoms with Crippen LogP contribution in [0.3, 0.4) is 0 Å². The summed E-state index contributed by atoms with van der Waals surface area (Å²) in [6.07, 6.45) is 1.98. The van der Waals surface area contributed by atoms with Gasteiger partial charge in [0.05, 0.1) is 25.0 Å². The number of halogens is 1. The predicted molar refractivity (Wildman–Crippen MR) is 113 cm³/mol. The van der Waals surface area contributed by atoms with Crippen LogP contribution in [-0.4, -0.2) is 37.1 Å². The number of aryl methyl sites for hydroxylation is 1. The molecule has 1 aliphatic rings. The van der Waals surface area contributed by atoms with Gasteiger partial charge in [0.15, 0.2) is 5.11 Å². The molecule has 1 aliphatic heterocycles. The number of amides is 1. The second-order valence-corrected chi connectivity index (χ2v) is 7.36. The third kappa shape index (κ3) is 4.42. The lowest BCUT2D eigenvalue weighted by molar-refractivity contribution is -0.118. The molecule has 1 amide bonds. The Labute approximate surface area is 170 Å². The van der Waals surface area contributed by atoms with Crippen LogP contribution < -0.4 is 15.0 Å². The zero-order valence-corrected chi connectivity index (χ0v) is 17.1. The summed E-state index contributed by atoms with van der Waals surface area (Å²) in [4.78, 5) is 16.3. The van der Waals surface area contributed by atoms with Gasteiger partial charge in [-0.25, -0.2) is 4.39 Å². The summed E-state index contributed by atoms with van der Waals surface area (Å²) in [6.45, 7) is 0.315. The summed E-state index contributed by atoms with van der Waals surface area (Å²) in [5.41, 5.74) is 3.34. The number of carbonyl (C=O) groups is 1. The first kappa shape index (κ1) is 20.1. The van der Waals surface area contributed by atoms with Gasteiger partial charge in [-0.05, 0) is 54.4 Å². The van der Waals surface area contributed by atoms with Gasteiger partial charge in [0, 0.05) is 26.6 Å². The number of nitrogens with zero attached hydrogens (tertiary/aromatic N) is 2. The Balaban J connectivity index is 2.00. The lowest BCUT2D eigenvalue weighted by atomic mass is 10.1. The number of hydrogen-bond acceptors (Lipinski definition) is 3. The Hall–Kier alpha value is -2.67. The fourth-order valence-corrected chi connectivity index (χ4v) is 3.36. The fraction of sp³-hybridized carbons (Fsp3) is 0.333. The van der Waals surface area contributed by atoms with Gasteiger partial charge in [0.25, 0.3) is 0 Å². The SMILES string of the molecule is COc1cc2c(cc1NC(=S)N(C)C)CCCC(=O)N2Cc1cccc(F)c1. The molecule has 0 radical (unpaired) electrons. The second kappa shape index (κ2) is 8.56. The van der Waals surface area contributed by atoms with Crippen LogP contribution in [0.4, 0.5) is 15.8 Å². The van der Waals surface area contributed by atoms with E-state index in [1.54, 1.807) is 23.0 Å². The summed E-state index contributed by atoms with van der Waals surface area (Å²) in [7, 11) is 5.32. The van der Waals surface area contributed by atoms with Crippen molar-refractivity contribution in [1.29, 1.82) is 0 Å². The van der Waals surface area contributed by atoms with Crippen LogP contribution in [0.2, 0.25) is 0 Å². The first-order chi connectivity index (χ1) is 13.4. The smallest absolute Gasteiger partial charge is 0.227 e. The van der Waals surface area contributed by atoms with Crippen molar-refractivity contribution in [1.82, 2.24) is 4.90 Å². The first-order valence-corrected chi connectivity index (χ1v) is 9.54. The Morgan fingerprint density at radius 2 is 2.07 bits per heavy atom. The molecule has 148 valence electrons. The number of benzene rings is 2. The molecule has 0 bridgehead atoms. The van der Waals surface area contributed by atoms with E-state index in [-0.39, 0.29) is 11.7 Å². The van der Waals surface area contributed by atoms with E-state index in [1.165, 1.54) is 12.1 Å². The van der Waals surface area contributed by atoms with E-state index >= 15 is 0 Å². The summed E-state index contributed by atoms with van der Waals surface area (Å²) >= 11 is 5.35. The summed E-state index contributed by atoms with van der Waals surface area (Å²) < 4.78 is 19.2. The number of carbonyl (C=O) groups excluding carboxylic acids is 1. The largest absolute Gasteiger partial charge is 0.494 e. The van der Waals surface area contributed by atoms with Crippen LogP contribution in [0.15, 0.2) is 36.4 Å². The van der Waals surface area contributed by atoms with E-state index < -0.39 is 0 Å². The lowest BCUT2D eigenvalue weighted by Gasteiger charge is -2.25. The highest BCUT2D eigenvalue weighted by Gasteiger charge is 2.25. The topological polar surface area (TPSA) is 44.8 Å². The molecule has 2 aromatic carbocycles. The van der Waals surface area contributed by atoms with Gasteiger partial charge in [-0.3, -0.25) is 4.79 Å². The zero-order chi connectivity index (χ0) is 20.3. The van der Waals surface area contributed by atoms with Gasteiger partial charge in [-0.15, -0.1) is 0 Å². The minimum Gasteiger partial charge on any atom is -0.494 e. The minimum atomic E-state index is -0.311. The van der Waals surface area contributed by atoms with Gasteiger partial charge in [0.2, 0.25) is 5.91 Å². The molecular formula is C21H24FN3O2S. The Kier molecular flexibility index (Phi) is 6.14. The molecule has 0 saturated carbocycles.